The highest BCUT2D eigenvalue weighted by Crippen LogP contribution is 2.34. The Hall–Kier alpha value is -3.14. The molecule has 2 aliphatic rings. The van der Waals surface area contributed by atoms with Crippen molar-refractivity contribution in [3.63, 3.8) is 0 Å². The lowest BCUT2D eigenvalue weighted by molar-refractivity contribution is -0.182. The minimum atomic E-state index is -0.682. The molecule has 1 atom stereocenters. The predicted molar refractivity (Wildman–Crippen MR) is 105 cm³/mol. The Morgan fingerprint density at radius 2 is 1.77 bits per heavy atom. The quantitative estimate of drug-likeness (QED) is 0.687. The van der Waals surface area contributed by atoms with Gasteiger partial charge < -0.3 is 9.64 Å². The number of methoxy groups -OCH3 is 1. The van der Waals surface area contributed by atoms with Gasteiger partial charge in [0.25, 0.3) is 0 Å². The summed E-state index contributed by atoms with van der Waals surface area (Å²) in [5.41, 5.74) is 0.554. The van der Waals surface area contributed by atoms with Gasteiger partial charge in [-0.15, -0.1) is 0 Å². The Morgan fingerprint density at radius 1 is 1.06 bits per heavy atom. The topological polar surface area (TPSA) is 84.9 Å². The van der Waals surface area contributed by atoms with Crippen LogP contribution in [0.1, 0.15) is 41.4 Å². The zero-order chi connectivity index (χ0) is 22.0. The Kier molecular flexibility index (Phi) is 6.08. The molecule has 0 saturated carbocycles. The third-order valence-electron chi connectivity index (χ3n) is 5.61. The first-order valence-corrected chi connectivity index (χ1v) is 10.0. The molecular weight excluding hydrogens is 410 g/mol. The summed E-state index contributed by atoms with van der Waals surface area (Å²) in [6.45, 7) is 1.42. The Labute approximate surface area is 177 Å². The van der Waals surface area contributed by atoms with Crippen LogP contribution in [0.15, 0.2) is 30.6 Å². The van der Waals surface area contributed by atoms with Crippen LogP contribution < -0.4 is 4.90 Å². The van der Waals surface area contributed by atoms with Gasteiger partial charge in [-0.05, 0) is 30.5 Å². The van der Waals surface area contributed by atoms with Crippen LogP contribution in [0.5, 0.6) is 0 Å². The molecule has 1 unspecified atom stereocenters. The van der Waals surface area contributed by atoms with Gasteiger partial charge in [-0.1, -0.05) is 0 Å². The molecule has 8 nitrogen and oxygen atoms in total. The van der Waals surface area contributed by atoms with E-state index in [1.165, 1.54) is 30.6 Å². The molecule has 2 saturated heterocycles. The maximum atomic E-state index is 13.6. The number of carbonyl (C=O) groups is 2. The summed E-state index contributed by atoms with van der Waals surface area (Å²) >= 11 is 0. The maximum Gasteiger partial charge on any atom is 0.356 e. The summed E-state index contributed by atoms with van der Waals surface area (Å²) in [6, 6.07) is 4.32. The van der Waals surface area contributed by atoms with Crippen molar-refractivity contribution in [2.75, 3.05) is 31.7 Å². The van der Waals surface area contributed by atoms with E-state index in [2.05, 4.69) is 14.7 Å². The molecule has 1 aromatic heterocycles. The molecular formula is C21H22F2N4O4. The van der Waals surface area contributed by atoms with E-state index >= 15 is 0 Å². The Balaban J connectivity index is 1.41. The van der Waals surface area contributed by atoms with Crippen LogP contribution in [0.3, 0.4) is 0 Å². The van der Waals surface area contributed by atoms with Gasteiger partial charge >= 0.3 is 5.97 Å². The second kappa shape index (κ2) is 8.93. The molecule has 0 bridgehead atoms. The first-order chi connectivity index (χ1) is 15.0. The predicted octanol–water partition coefficient (Wildman–Crippen LogP) is 2.66. The largest absolute Gasteiger partial charge is 0.464 e. The van der Waals surface area contributed by atoms with Gasteiger partial charge in [0.05, 0.1) is 19.8 Å². The van der Waals surface area contributed by atoms with Crippen LogP contribution in [0.4, 0.5) is 14.6 Å². The SMILES string of the molecule is COC(=O)c1cc(N2CCC(C(=O)N3OCCC3c3cc(F)cc(F)c3)CC2)ncn1. The minimum Gasteiger partial charge on any atom is -0.464 e. The lowest BCUT2D eigenvalue weighted by Gasteiger charge is -2.34. The highest BCUT2D eigenvalue weighted by Gasteiger charge is 2.37. The molecule has 0 aliphatic carbocycles. The number of hydrogen-bond donors (Lipinski definition) is 0. The van der Waals surface area contributed by atoms with Crippen molar-refractivity contribution in [2.45, 2.75) is 25.3 Å². The summed E-state index contributed by atoms with van der Waals surface area (Å²) in [7, 11) is 1.28. The summed E-state index contributed by atoms with van der Waals surface area (Å²) in [5.74, 6) is -1.79. The molecule has 10 heteroatoms. The molecule has 3 heterocycles. The fourth-order valence-electron chi connectivity index (χ4n) is 4.03. The highest BCUT2D eigenvalue weighted by atomic mass is 19.1. The zero-order valence-electron chi connectivity index (χ0n) is 17.0. The van der Waals surface area contributed by atoms with Crippen molar-refractivity contribution in [3.05, 3.63) is 53.5 Å². The van der Waals surface area contributed by atoms with E-state index in [0.717, 1.165) is 6.07 Å². The lowest BCUT2D eigenvalue weighted by Crippen LogP contribution is -2.42. The number of esters is 1. The number of aromatic nitrogens is 2. The standard InChI is InChI=1S/C21H22F2N4O4/c1-30-21(29)17-11-19(25-12-24-17)26-5-2-13(3-6-26)20(28)27-18(4-7-31-27)14-8-15(22)10-16(23)9-14/h8-13,18H,2-7H2,1H3. The van der Waals surface area contributed by atoms with Crippen molar-refractivity contribution in [1.29, 1.82) is 0 Å². The number of ether oxygens (including phenoxy) is 1. The molecule has 0 N–H and O–H groups in total. The number of nitrogens with zero attached hydrogens (tertiary/aromatic N) is 4. The fourth-order valence-corrected chi connectivity index (χ4v) is 4.03. The summed E-state index contributed by atoms with van der Waals surface area (Å²) < 4.78 is 32.0. The third kappa shape index (κ3) is 4.48. The normalized spacial score (nSPS) is 19.5. The number of carbonyl (C=O) groups excluding carboxylic acids is 2. The molecule has 4 rings (SSSR count). The average Bonchev–Trinajstić information content (AvgIpc) is 3.27. The maximum absolute atomic E-state index is 13.6. The van der Waals surface area contributed by atoms with Gasteiger partial charge in [0.15, 0.2) is 5.69 Å². The van der Waals surface area contributed by atoms with Crippen molar-refractivity contribution >= 4 is 17.7 Å². The van der Waals surface area contributed by atoms with Crippen molar-refractivity contribution in [2.24, 2.45) is 5.92 Å². The van der Waals surface area contributed by atoms with E-state index in [0.29, 0.717) is 50.3 Å². The van der Waals surface area contributed by atoms with E-state index < -0.39 is 23.6 Å². The minimum absolute atomic E-state index is 0.168. The molecule has 2 fully saturated rings. The van der Waals surface area contributed by atoms with Crippen molar-refractivity contribution < 1.29 is 27.9 Å². The van der Waals surface area contributed by atoms with E-state index in [9.17, 15) is 18.4 Å². The zero-order valence-corrected chi connectivity index (χ0v) is 17.0. The fraction of sp³-hybridized carbons (Fsp3) is 0.429. The summed E-state index contributed by atoms with van der Waals surface area (Å²) in [5, 5.41) is 1.27. The number of piperidine rings is 1. The van der Waals surface area contributed by atoms with Gasteiger partial charge in [-0.3, -0.25) is 9.63 Å². The summed E-state index contributed by atoms with van der Waals surface area (Å²) in [6.07, 6.45) is 2.89. The second-order valence-corrected chi connectivity index (χ2v) is 7.52. The first kappa shape index (κ1) is 21.1. The number of halogens is 2. The van der Waals surface area contributed by atoms with E-state index in [-0.39, 0.29) is 17.5 Å². The summed E-state index contributed by atoms with van der Waals surface area (Å²) in [4.78, 5) is 40.4. The van der Waals surface area contributed by atoms with Crippen LogP contribution in [-0.4, -0.2) is 53.7 Å². The molecule has 164 valence electrons. The lowest BCUT2D eigenvalue weighted by atomic mass is 9.94. The molecule has 1 amide bonds. The Bertz CT molecular complexity index is 961. The van der Waals surface area contributed by atoms with Crippen molar-refractivity contribution in [3.8, 4) is 0 Å². The third-order valence-corrected chi connectivity index (χ3v) is 5.61. The second-order valence-electron chi connectivity index (χ2n) is 7.52. The Morgan fingerprint density at radius 3 is 2.45 bits per heavy atom. The molecule has 0 radical (unpaired) electrons. The van der Waals surface area contributed by atoms with Gasteiger partial charge in [0, 0.05) is 37.6 Å². The van der Waals surface area contributed by atoms with E-state index in [4.69, 9.17) is 4.84 Å². The average molecular weight is 432 g/mol. The smallest absolute Gasteiger partial charge is 0.356 e. The molecule has 2 aromatic rings. The van der Waals surface area contributed by atoms with Gasteiger partial charge in [0.2, 0.25) is 5.91 Å². The van der Waals surface area contributed by atoms with Crippen LogP contribution in [0, 0.1) is 17.6 Å². The monoisotopic (exact) mass is 432 g/mol. The number of hydroxylamine groups is 2. The number of rotatable bonds is 4. The van der Waals surface area contributed by atoms with Gasteiger partial charge in [-0.2, -0.15) is 0 Å². The molecule has 1 aromatic carbocycles. The van der Waals surface area contributed by atoms with E-state index in [1.54, 1.807) is 6.07 Å². The van der Waals surface area contributed by atoms with Crippen molar-refractivity contribution in [1.82, 2.24) is 15.0 Å². The first-order valence-electron chi connectivity index (χ1n) is 10.0. The van der Waals surface area contributed by atoms with Crippen LogP contribution in [-0.2, 0) is 14.4 Å². The number of benzene rings is 1. The number of amides is 1. The van der Waals surface area contributed by atoms with Crippen LogP contribution in [0.25, 0.3) is 0 Å². The van der Waals surface area contributed by atoms with Crippen LogP contribution in [0.2, 0.25) is 0 Å². The number of anilines is 1. The van der Waals surface area contributed by atoms with E-state index in [1.807, 2.05) is 4.90 Å². The number of hydrogen-bond acceptors (Lipinski definition) is 7. The molecule has 2 aliphatic heterocycles. The molecule has 31 heavy (non-hydrogen) atoms. The van der Waals surface area contributed by atoms with Crippen LogP contribution >= 0.6 is 0 Å². The highest BCUT2D eigenvalue weighted by molar-refractivity contribution is 5.87. The van der Waals surface area contributed by atoms with Gasteiger partial charge in [-0.25, -0.2) is 28.6 Å². The van der Waals surface area contributed by atoms with Gasteiger partial charge in [0.1, 0.15) is 23.8 Å². The molecule has 0 spiro atoms.